The Labute approximate surface area is 121 Å². The Kier molecular flexibility index (Phi) is 4.52. The molecule has 2 aromatic rings. The molecule has 0 heterocycles. The highest BCUT2D eigenvalue weighted by molar-refractivity contribution is 5.92. The van der Waals surface area contributed by atoms with Crippen LogP contribution in [-0.4, -0.2) is 5.91 Å². The van der Waals surface area contributed by atoms with Crippen LogP contribution in [0.2, 0.25) is 0 Å². The van der Waals surface area contributed by atoms with Gasteiger partial charge >= 0.3 is 0 Å². The highest BCUT2D eigenvalue weighted by atomic mass is 19.1. The Hall–Kier alpha value is -2.43. The Morgan fingerprint density at radius 3 is 2.43 bits per heavy atom. The third-order valence-electron chi connectivity index (χ3n) is 3.21. The zero-order chi connectivity index (χ0) is 15.4. The molecule has 2 aromatic carbocycles. The largest absolute Gasteiger partial charge is 0.398 e. The van der Waals surface area contributed by atoms with E-state index in [4.69, 9.17) is 5.73 Å². The molecule has 110 valence electrons. The van der Waals surface area contributed by atoms with Crippen LogP contribution in [0.5, 0.6) is 0 Å². The van der Waals surface area contributed by atoms with Crippen molar-refractivity contribution >= 4 is 17.3 Å². The predicted molar refractivity (Wildman–Crippen MR) is 78.9 cm³/mol. The van der Waals surface area contributed by atoms with Crippen LogP contribution in [0, 0.1) is 11.6 Å². The maximum Gasteiger partial charge on any atom is 0.229 e. The molecule has 0 fully saturated rings. The van der Waals surface area contributed by atoms with Gasteiger partial charge in [0.25, 0.3) is 0 Å². The maximum atomic E-state index is 13.5. The van der Waals surface area contributed by atoms with Gasteiger partial charge in [0, 0.05) is 16.9 Å². The molecule has 1 amide bonds. The molecule has 2 rings (SSSR count). The van der Waals surface area contributed by atoms with Gasteiger partial charge in [-0.3, -0.25) is 4.79 Å². The lowest BCUT2D eigenvalue weighted by molar-refractivity contribution is -0.115. The second kappa shape index (κ2) is 6.35. The van der Waals surface area contributed by atoms with E-state index in [1.807, 2.05) is 13.0 Å². The monoisotopic (exact) mass is 290 g/mol. The van der Waals surface area contributed by atoms with Crippen molar-refractivity contribution in [3.05, 3.63) is 59.2 Å². The van der Waals surface area contributed by atoms with Gasteiger partial charge in [0.15, 0.2) is 0 Å². The number of nitrogens with two attached hydrogens (primary N) is 1. The van der Waals surface area contributed by atoms with Crippen molar-refractivity contribution in [1.82, 2.24) is 0 Å². The number of carbonyl (C=O) groups excluding carboxylic acids is 1. The van der Waals surface area contributed by atoms with Crippen molar-refractivity contribution in [2.24, 2.45) is 0 Å². The van der Waals surface area contributed by atoms with Crippen LogP contribution in [-0.2, 0) is 17.6 Å². The Bertz CT molecular complexity index is 651. The molecule has 0 aliphatic carbocycles. The first-order chi connectivity index (χ1) is 10.0. The fourth-order valence-electron chi connectivity index (χ4n) is 2.06. The summed E-state index contributed by atoms with van der Waals surface area (Å²) in [6, 6.07) is 8.67. The van der Waals surface area contributed by atoms with Crippen LogP contribution in [0.3, 0.4) is 0 Å². The summed E-state index contributed by atoms with van der Waals surface area (Å²) >= 11 is 0. The zero-order valence-corrected chi connectivity index (χ0v) is 11.6. The van der Waals surface area contributed by atoms with Gasteiger partial charge in [-0.1, -0.05) is 19.1 Å². The van der Waals surface area contributed by atoms with Gasteiger partial charge in [0.1, 0.15) is 11.6 Å². The van der Waals surface area contributed by atoms with Gasteiger partial charge in [0.05, 0.1) is 6.42 Å². The van der Waals surface area contributed by atoms with Crippen molar-refractivity contribution in [1.29, 1.82) is 0 Å². The van der Waals surface area contributed by atoms with E-state index in [0.717, 1.165) is 24.1 Å². The number of hydrogen-bond donors (Lipinski definition) is 2. The quantitative estimate of drug-likeness (QED) is 0.849. The molecule has 0 radical (unpaired) electrons. The standard InChI is InChI=1S/C16H16F2N2O/c1-2-10-6-7-11(8-15(10)19)20-16(21)9-12-13(17)4-3-5-14(12)18/h3-8H,2,9,19H2,1H3,(H,20,21). The summed E-state index contributed by atoms with van der Waals surface area (Å²) in [6.45, 7) is 1.98. The van der Waals surface area contributed by atoms with Crippen molar-refractivity contribution in [3.8, 4) is 0 Å². The lowest BCUT2D eigenvalue weighted by Gasteiger charge is -2.09. The van der Waals surface area contributed by atoms with Crippen LogP contribution in [0.1, 0.15) is 18.1 Å². The number of nitrogens with one attached hydrogen (secondary N) is 1. The molecule has 0 spiro atoms. The van der Waals surface area contributed by atoms with Crippen molar-refractivity contribution in [3.63, 3.8) is 0 Å². The first-order valence-electron chi connectivity index (χ1n) is 6.62. The molecule has 0 aliphatic rings. The molecule has 0 unspecified atom stereocenters. The van der Waals surface area contributed by atoms with Crippen LogP contribution < -0.4 is 11.1 Å². The third-order valence-corrected chi connectivity index (χ3v) is 3.21. The average molecular weight is 290 g/mol. The topological polar surface area (TPSA) is 55.1 Å². The molecule has 0 atom stereocenters. The zero-order valence-electron chi connectivity index (χ0n) is 11.6. The fraction of sp³-hybridized carbons (Fsp3) is 0.188. The Morgan fingerprint density at radius 1 is 1.19 bits per heavy atom. The summed E-state index contributed by atoms with van der Waals surface area (Å²) < 4.78 is 26.9. The lowest BCUT2D eigenvalue weighted by Crippen LogP contribution is -2.16. The van der Waals surface area contributed by atoms with Crippen LogP contribution in [0.4, 0.5) is 20.2 Å². The molecule has 0 saturated carbocycles. The SMILES string of the molecule is CCc1ccc(NC(=O)Cc2c(F)cccc2F)cc1N. The second-order valence-electron chi connectivity index (χ2n) is 4.69. The van der Waals surface area contributed by atoms with E-state index in [2.05, 4.69) is 5.32 Å². The molecular weight excluding hydrogens is 274 g/mol. The minimum absolute atomic E-state index is 0.242. The minimum Gasteiger partial charge on any atom is -0.398 e. The molecule has 5 heteroatoms. The van der Waals surface area contributed by atoms with Crippen LogP contribution in [0.25, 0.3) is 0 Å². The van der Waals surface area contributed by atoms with E-state index >= 15 is 0 Å². The normalized spacial score (nSPS) is 10.4. The van der Waals surface area contributed by atoms with Gasteiger partial charge in [0.2, 0.25) is 5.91 Å². The number of hydrogen-bond acceptors (Lipinski definition) is 2. The number of amides is 1. The number of halogens is 2. The smallest absolute Gasteiger partial charge is 0.229 e. The Morgan fingerprint density at radius 2 is 1.86 bits per heavy atom. The van der Waals surface area contributed by atoms with Crippen molar-refractivity contribution in [2.45, 2.75) is 19.8 Å². The van der Waals surface area contributed by atoms with Gasteiger partial charge < -0.3 is 11.1 Å². The molecule has 0 aliphatic heterocycles. The number of benzene rings is 2. The average Bonchev–Trinajstić information content (AvgIpc) is 2.43. The van der Waals surface area contributed by atoms with Gasteiger partial charge in [-0.2, -0.15) is 0 Å². The van der Waals surface area contributed by atoms with Crippen LogP contribution >= 0.6 is 0 Å². The highest BCUT2D eigenvalue weighted by Gasteiger charge is 2.13. The Balaban J connectivity index is 2.10. The number of anilines is 2. The summed E-state index contributed by atoms with van der Waals surface area (Å²) in [6.07, 6.45) is 0.425. The van der Waals surface area contributed by atoms with E-state index in [1.54, 1.807) is 12.1 Å². The lowest BCUT2D eigenvalue weighted by atomic mass is 10.1. The molecule has 3 nitrogen and oxygen atoms in total. The number of rotatable bonds is 4. The molecule has 3 N–H and O–H groups in total. The summed E-state index contributed by atoms with van der Waals surface area (Å²) in [4.78, 5) is 11.9. The molecule has 21 heavy (non-hydrogen) atoms. The summed E-state index contributed by atoms with van der Waals surface area (Å²) in [5, 5.41) is 2.58. The van der Waals surface area contributed by atoms with Crippen molar-refractivity contribution < 1.29 is 13.6 Å². The van der Waals surface area contributed by atoms with E-state index in [9.17, 15) is 13.6 Å². The fourth-order valence-corrected chi connectivity index (χ4v) is 2.06. The summed E-state index contributed by atoms with van der Waals surface area (Å²) in [5.74, 6) is -1.96. The predicted octanol–water partition coefficient (Wildman–Crippen LogP) is 3.29. The first kappa shape index (κ1) is 15.0. The van der Waals surface area contributed by atoms with Gasteiger partial charge in [-0.15, -0.1) is 0 Å². The number of carbonyl (C=O) groups is 1. The van der Waals surface area contributed by atoms with E-state index in [0.29, 0.717) is 11.4 Å². The molecular formula is C16H16F2N2O. The second-order valence-corrected chi connectivity index (χ2v) is 4.69. The number of nitrogen functional groups attached to an aromatic ring is 1. The molecule has 0 bridgehead atoms. The van der Waals surface area contributed by atoms with E-state index in [1.165, 1.54) is 6.07 Å². The molecule has 0 saturated heterocycles. The molecule has 0 aromatic heterocycles. The summed E-state index contributed by atoms with van der Waals surface area (Å²) in [5.41, 5.74) is 7.66. The third kappa shape index (κ3) is 3.56. The minimum atomic E-state index is -0.731. The highest BCUT2D eigenvalue weighted by Crippen LogP contribution is 2.19. The maximum absolute atomic E-state index is 13.5. The summed E-state index contributed by atoms with van der Waals surface area (Å²) in [7, 11) is 0. The van der Waals surface area contributed by atoms with Gasteiger partial charge in [-0.25, -0.2) is 8.78 Å². The first-order valence-corrected chi connectivity index (χ1v) is 6.62. The van der Waals surface area contributed by atoms with E-state index < -0.39 is 17.5 Å². The van der Waals surface area contributed by atoms with Crippen molar-refractivity contribution in [2.75, 3.05) is 11.1 Å². The number of aryl methyl sites for hydroxylation is 1. The van der Waals surface area contributed by atoms with E-state index in [-0.39, 0.29) is 12.0 Å². The van der Waals surface area contributed by atoms with Crippen LogP contribution in [0.15, 0.2) is 36.4 Å². The van der Waals surface area contributed by atoms with Gasteiger partial charge in [-0.05, 0) is 36.2 Å².